The third-order valence-electron chi connectivity index (χ3n) is 1.97. The van der Waals surface area contributed by atoms with Crippen molar-refractivity contribution >= 4 is 17.4 Å². The fraction of sp³-hybridized carbons (Fsp3) is 0.143. The summed E-state index contributed by atoms with van der Waals surface area (Å²) in [4.78, 5) is 20.8. The predicted octanol–water partition coefficient (Wildman–Crippen LogP) is 1.92. The van der Waals surface area contributed by atoms with Gasteiger partial charge >= 0.3 is 5.97 Å². The van der Waals surface area contributed by atoms with E-state index in [1.165, 1.54) is 7.11 Å². The number of rotatable bonds is 3. The van der Waals surface area contributed by atoms with Gasteiger partial charge in [0.2, 0.25) is 5.91 Å². The average molecular weight is 247 g/mol. The third kappa shape index (κ3) is 5.65. The highest BCUT2D eigenvalue weighted by Gasteiger charge is 2.07. The second-order valence-corrected chi connectivity index (χ2v) is 3.48. The molecule has 18 heavy (non-hydrogen) atoms. The molecule has 0 aliphatic rings. The van der Waals surface area contributed by atoms with Crippen LogP contribution >= 0.6 is 0 Å². The Morgan fingerprint density at radius 2 is 1.61 bits per heavy atom. The van der Waals surface area contributed by atoms with Crippen LogP contribution in [0.3, 0.4) is 0 Å². The van der Waals surface area contributed by atoms with E-state index in [4.69, 9.17) is 5.73 Å². The molecule has 1 rings (SSSR count). The lowest BCUT2D eigenvalue weighted by Gasteiger charge is -2.01. The van der Waals surface area contributed by atoms with Gasteiger partial charge in [-0.15, -0.1) is 0 Å². The number of amides is 1. The molecule has 1 aromatic rings. The van der Waals surface area contributed by atoms with Crippen LogP contribution in [0.2, 0.25) is 0 Å². The van der Waals surface area contributed by atoms with Crippen molar-refractivity contribution < 1.29 is 14.3 Å². The molecule has 0 fully saturated rings. The zero-order valence-electron chi connectivity index (χ0n) is 10.6. The summed E-state index contributed by atoms with van der Waals surface area (Å²) in [6, 6.07) is 9.22. The number of benzene rings is 1. The van der Waals surface area contributed by atoms with Crippen LogP contribution in [-0.4, -0.2) is 19.0 Å². The first-order chi connectivity index (χ1) is 8.40. The van der Waals surface area contributed by atoms with E-state index in [0.29, 0.717) is 11.1 Å². The molecular weight excluding hydrogens is 230 g/mol. The second-order valence-electron chi connectivity index (χ2n) is 3.48. The molecule has 0 aromatic heterocycles. The molecule has 0 radical (unpaired) electrons. The Balaban J connectivity index is 0.000000411. The van der Waals surface area contributed by atoms with Crippen LogP contribution < -0.4 is 5.73 Å². The minimum atomic E-state index is -0.435. The van der Waals surface area contributed by atoms with Crippen LogP contribution in [0.25, 0.3) is 5.57 Å². The van der Waals surface area contributed by atoms with Gasteiger partial charge in [-0.1, -0.05) is 43.5 Å². The van der Waals surface area contributed by atoms with Crippen LogP contribution in [0.1, 0.15) is 12.5 Å². The van der Waals surface area contributed by atoms with Gasteiger partial charge in [-0.25, -0.2) is 4.79 Å². The molecule has 0 aliphatic heterocycles. The van der Waals surface area contributed by atoms with Crippen molar-refractivity contribution in [2.75, 3.05) is 7.11 Å². The van der Waals surface area contributed by atoms with Crippen molar-refractivity contribution in [3.8, 4) is 0 Å². The smallest absolute Gasteiger partial charge is 0.337 e. The summed E-state index contributed by atoms with van der Waals surface area (Å²) in [5.74, 6) is -0.823. The first-order valence-corrected chi connectivity index (χ1v) is 5.18. The molecule has 0 aliphatic carbocycles. The Morgan fingerprint density at radius 1 is 1.17 bits per heavy atom. The lowest BCUT2D eigenvalue weighted by Crippen LogP contribution is -2.10. The van der Waals surface area contributed by atoms with Gasteiger partial charge in [0, 0.05) is 5.57 Å². The molecule has 0 bridgehead atoms. The van der Waals surface area contributed by atoms with E-state index in [1.54, 1.807) is 6.92 Å². The van der Waals surface area contributed by atoms with E-state index < -0.39 is 5.91 Å². The number of primary amides is 1. The number of carbonyl (C=O) groups is 2. The number of hydrogen-bond donors (Lipinski definition) is 1. The summed E-state index contributed by atoms with van der Waals surface area (Å²) in [7, 11) is 1.34. The molecule has 96 valence electrons. The minimum absolute atomic E-state index is 0.387. The van der Waals surface area contributed by atoms with Crippen LogP contribution in [0.5, 0.6) is 0 Å². The molecular formula is C14H17NO3. The summed E-state index contributed by atoms with van der Waals surface area (Å²) in [6.07, 6.45) is 0. The monoisotopic (exact) mass is 247 g/mol. The van der Waals surface area contributed by atoms with Crippen molar-refractivity contribution in [2.24, 2.45) is 5.73 Å². The van der Waals surface area contributed by atoms with E-state index in [9.17, 15) is 9.59 Å². The zero-order chi connectivity index (χ0) is 14.1. The Hall–Kier alpha value is -2.36. The summed E-state index contributed by atoms with van der Waals surface area (Å²) in [5, 5.41) is 0. The van der Waals surface area contributed by atoms with E-state index in [0.717, 1.165) is 5.56 Å². The number of carbonyl (C=O) groups excluding carboxylic acids is 2. The van der Waals surface area contributed by atoms with Gasteiger partial charge in [0.1, 0.15) is 0 Å². The van der Waals surface area contributed by atoms with E-state index >= 15 is 0 Å². The van der Waals surface area contributed by atoms with Crippen LogP contribution in [0.4, 0.5) is 0 Å². The minimum Gasteiger partial charge on any atom is -0.465 e. The lowest BCUT2D eigenvalue weighted by atomic mass is 10.1. The normalized spacial score (nSPS) is 8.56. The van der Waals surface area contributed by atoms with E-state index in [2.05, 4.69) is 17.9 Å². The molecule has 2 N–H and O–H groups in total. The van der Waals surface area contributed by atoms with E-state index in [-0.39, 0.29) is 5.97 Å². The highest BCUT2D eigenvalue weighted by atomic mass is 16.5. The van der Waals surface area contributed by atoms with Crippen molar-refractivity contribution in [2.45, 2.75) is 6.92 Å². The van der Waals surface area contributed by atoms with Crippen molar-refractivity contribution in [3.05, 3.63) is 54.6 Å². The maximum absolute atomic E-state index is 11.0. The standard InChI is InChI=1S/C10H10O2.C4H7NO/c1-8(10(11)12-2)9-6-4-3-5-7-9;1-3(2)4(5)6/h3-7H,1H2,2H3;1H2,2H3,(H2,5,6). The highest BCUT2D eigenvalue weighted by Crippen LogP contribution is 2.12. The number of methoxy groups -OCH3 is 1. The molecule has 4 heteroatoms. The van der Waals surface area contributed by atoms with Crippen molar-refractivity contribution in [1.82, 2.24) is 0 Å². The molecule has 0 spiro atoms. The molecule has 1 aromatic carbocycles. The topological polar surface area (TPSA) is 69.4 Å². The fourth-order valence-electron chi connectivity index (χ4n) is 0.880. The second kappa shape index (κ2) is 7.84. The summed E-state index contributed by atoms with van der Waals surface area (Å²) >= 11 is 0. The van der Waals surface area contributed by atoms with Gasteiger partial charge in [-0.3, -0.25) is 4.79 Å². The van der Waals surface area contributed by atoms with Gasteiger partial charge in [-0.2, -0.15) is 0 Å². The largest absolute Gasteiger partial charge is 0.465 e. The number of nitrogens with two attached hydrogens (primary N) is 1. The summed E-state index contributed by atoms with van der Waals surface area (Å²) in [6.45, 7) is 8.47. The molecule has 1 amide bonds. The third-order valence-corrected chi connectivity index (χ3v) is 1.97. The summed E-state index contributed by atoms with van der Waals surface area (Å²) < 4.78 is 4.53. The predicted molar refractivity (Wildman–Crippen MR) is 71.5 cm³/mol. The van der Waals surface area contributed by atoms with Gasteiger partial charge in [-0.05, 0) is 12.5 Å². The van der Waals surface area contributed by atoms with Crippen molar-refractivity contribution in [1.29, 1.82) is 0 Å². The molecule has 0 heterocycles. The van der Waals surface area contributed by atoms with Crippen molar-refractivity contribution in [3.63, 3.8) is 0 Å². The Labute approximate surface area is 107 Å². The van der Waals surface area contributed by atoms with Gasteiger partial charge in [0.05, 0.1) is 12.7 Å². The maximum atomic E-state index is 11.0. The van der Waals surface area contributed by atoms with Gasteiger partial charge < -0.3 is 10.5 Å². The number of esters is 1. The SMILES string of the molecule is C=C(C(=O)OC)c1ccccc1.C=C(C)C(N)=O. The summed E-state index contributed by atoms with van der Waals surface area (Å²) in [5.41, 5.74) is 6.28. The molecule has 0 atom stereocenters. The van der Waals surface area contributed by atoms with Gasteiger partial charge in [0.25, 0.3) is 0 Å². The quantitative estimate of drug-likeness (QED) is 0.655. The fourth-order valence-corrected chi connectivity index (χ4v) is 0.880. The Morgan fingerprint density at radius 3 is 1.94 bits per heavy atom. The Bertz CT molecular complexity index is 437. The van der Waals surface area contributed by atoms with E-state index in [1.807, 2.05) is 30.3 Å². The zero-order valence-corrected chi connectivity index (χ0v) is 10.6. The molecule has 0 unspecified atom stereocenters. The van der Waals surface area contributed by atoms with Crippen LogP contribution in [0, 0.1) is 0 Å². The van der Waals surface area contributed by atoms with Crippen LogP contribution in [0.15, 0.2) is 49.1 Å². The average Bonchev–Trinajstić information content (AvgIpc) is 2.38. The van der Waals surface area contributed by atoms with Gasteiger partial charge in [0.15, 0.2) is 0 Å². The molecule has 0 saturated heterocycles. The first-order valence-electron chi connectivity index (χ1n) is 5.18. The van der Waals surface area contributed by atoms with Crippen LogP contribution in [-0.2, 0) is 14.3 Å². The lowest BCUT2D eigenvalue weighted by molar-refractivity contribution is -0.133. The maximum Gasteiger partial charge on any atom is 0.337 e. The number of ether oxygens (including phenoxy) is 1. The highest BCUT2D eigenvalue weighted by molar-refractivity contribution is 6.15. The first kappa shape index (κ1) is 15.6. The molecule has 4 nitrogen and oxygen atoms in total. The number of hydrogen-bond acceptors (Lipinski definition) is 3. The Kier molecular flexibility index (Phi) is 6.81. The molecule has 0 saturated carbocycles.